The largest absolute Gasteiger partial charge is 0.494 e. The molecule has 0 radical (unpaired) electrons. The second-order valence-corrected chi connectivity index (χ2v) is 7.71. The third kappa shape index (κ3) is 3.59. The van der Waals surface area contributed by atoms with Crippen LogP contribution in [0.2, 0.25) is 0 Å². The molecule has 0 atom stereocenters. The molecule has 4 aromatic rings. The molecule has 0 saturated carbocycles. The molecule has 0 aliphatic heterocycles. The van der Waals surface area contributed by atoms with E-state index in [1.165, 1.54) is 18.4 Å². The lowest BCUT2D eigenvalue weighted by Gasteiger charge is -2.19. The highest BCUT2D eigenvalue weighted by molar-refractivity contribution is 7.22. The number of ether oxygens (including phenoxy) is 2. The number of benzene rings is 1. The molecule has 0 fully saturated rings. The fourth-order valence-corrected chi connectivity index (χ4v) is 4.24. The number of carbonyl (C=O) groups excluding carboxylic acids is 1. The predicted molar refractivity (Wildman–Crippen MR) is 115 cm³/mol. The SMILES string of the molecule is COc1nn(C)cc1C(=O)N(Cc1cccnc1)c1nc2c(OC)ccc(C)c2s1. The van der Waals surface area contributed by atoms with Crippen molar-refractivity contribution in [3.8, 4) is 11.6 Å². The zero-order valence-corrected chi connectivity index (χ0v) is 17.9. The zero-order chi connectivity index (χ0) is 21.3. The van der Waals surface area contributed by atoms with Gasteiger partial charge >= 0.3 is 0 Å². The number of thiazole rings is 1. The normalized spacial score (nSPS) is 10.9. The average Bonchev–Trinajstić information content (AvgIpc) is 3.37. The number of fused-ring (bicyclic) bond motifs is 1. The third-order valence-electron chi connectivity index (χ3n) is 4.67. The Labute approximate surface area is 177 Å². The van der Waals surface area contributed by atoms with Gasteiger partial charge in [0.1, 0.15) is 16.8 Å². The lowest BCUT2D eigenvalue weighted by molar-refractivity contribution is 0.0982. The van der Waals surface area contributed by atoms with Crippen molar-refractivity contribution in [2.75, 3.05) is 19.1 Å². The minimum absolute atomic E-state index is 0.250. The number of amides is 1. The van der Waals surface area contributed by atoms with Crippen LogP contribution in [-0.2, 0) is 13.6 Å². The molecule has 0 aliphatic carbocycles. The molecular formula is C21H21N5O3S. The van der Waals surface area contributed by atoms with Crippen LogP contribution in [-0.4, -0.2) is 39.9 Å². The van der Waals surface area contributed by atoms with Crippen LogP contribution in [0, 0.1) is 6.92 Å². The summed E-state index contributed by atoms with van der Waals surface area (Å²) in [5, 5.41) is 4.78. The number of nitrogens with zero attached hydrogens (tertiary/aromatic N) is 5. The molecule has 1 aromatic carbocycles. The maximum atomic E-state index is 13.6. The van der Waals surface area contributed by atoms with Gasteiger partial charge in [-0.15, -0.1) is 5.10 Å². The third-order valence-corrected chi connectivity index (χ3v) is 5.88. The number of hydrogen-bond acceptors (Lipinski definition) is 7. The number of aryl methyl sites for hydroxylation is 2. The van der Waals surface area contributed by atoms with Gasteiger partial charge in [0.2, 0.25) is 5.88 Å². The van der Waals surface area contributed by atoms with Crippen LogP contribution in [0.4, 0.5) is 5.13 Å². The molecule has 1 amide bonds. The Balaban J connectivity index is 1.84. The molecule has 0 bridgehead atoms. The van der Waals surface area contributed by atoms with E-state index >= 15 is 0 Å². The first-order valence-corrected chi connectivity index (χ1v) is 10.1. The van der Waals surface area contributed by atoms with Crippen molar-refractivity contribution in [3.05, 3.63) is 59.5 Å². The topological polar surface area (TPSA) is 82.4 Å². The molecular weight excluding hydrogens is 402 g/mol. The highest BCUT2D eigenvalue weighted by Crippen LogP contribution is 2.37. The van der Waals surface area contributed by atoms with Gasteiger partial charge in [-0.3, -0.25) is 19.4 Å². The van der Waals surface area contributed by atoms with E-state index in [1.54, 1.807) is 42.3 Å². The highest BCUT2D eigenvalue weighted by atomic mass is 32.1. The smallest absolute Gasteiger partial charge is 0.267 e. The van der Waals surface area contributed by atoms with E-state index in [2.05, 4.69) is 10.1 Å². The highest BCUT2D eigenvalue weighted by Gasteiger charge is 2.27. The minimum atomic E-state index is -0.250. The van der Waals surface area contributed by atoms with Gasteiger partial charge < -0.3 is 9.47 Å². The molecule has 4 rings (SSSR count). The van der Waals surface area contributed by atoms with Crippen molar-refractivity contribution >= 4 is 32.6 Å². The molecule has 0 unspecified atom stereocenters. The number of anilines is 1. The summed E-state index contributed by atoms with van der Waals surface area (Å²) in [5.41, 5.74) is 3.06. The van der Waals surface area contributed by atoms with Gasteiger partial charge in [-0.1, -0.05) is 23.5 Å². The molecule has 0 spiro atoms. The first-order valence-electron chi connectivity index (χ1n) is 9.24. The summed E-state index contributed by atoms with van der Waals surface area (Å²) < 4.78 is 13.3. The molecule has 3 aromatic heterocycles. The van der Waals surface area contributed by atoms with Crippen molar-refractivity contribution in [2.45, 2.75) is 13.5 Å². The summed E-state index contributed by atoms with van der Waals surface area (Å²) >= 11 is 1.45. The van der Waals surface area contributed by atoms with E-state index in [0.717, 1.165) is 21.3 Å². The molecule has 8 nitrogen and oxygen atoms in total. The van der Waals surface area contributed by atoms with Crippen LogP contribution < -0.4 is 14.4 Å². The fraction of sp³-hybridized carbons (Fsp3) is 0.238. The predicted octanol–water partition coefficient (Wildman–Crippen LogP) is 3.60. The minimum Gasteiger partial charge on any atom is -0.494 e. The van der Waals surface area contributed by atoms with E-state index in [9.17, 15) is 4.79 Å². The Morgan fingerprint density at radius 1 is 1.23 bits per heavy atom. The van der Waals surface area contributed by atoms with Crippen LogP contribution in [0.5, 0.6) is 11.6 Å². The number of hydrogen-bond donors (Lipinski definition) is 0. The molecule has 0 aliphatic rings. The Morgan fingerprint density at radius 3 is 2.77 bits per heavy atom. The van der Waals surface area contributed by atoms with Crippen molar-refractivity contribution in [1.29, 1.82) is 0 Å². The standard InChI is InChI=1S/C21H21N5O3S/c1-13-7-8-16(28-3)17-18(13)30-21(23-17)26(11-14-6-5-9-22-10-14)20(27)15-12-25(2)24-19(15)29-4/h5-10,12H,11H2,1-4H3. The van der Waals surface area contributed by atoms with Crippen LogP contribution in [0.1, 0.15) is 21.5 Å². The number of rotatable bonds is 6. The summed E-state index contributed by atoms with van der Waals surface area (Å²) in [6, 6.07) is 7.64. The van der Waals surface area contributed by atoms with Gasteiger partial charge in [-0.2, -0.15) is 0 Å². The Morgan fingerprint density at radius 2 is 2.07 bits per heavy atom. The molecule has 9 heteroatoms. The van der Waals surface area contributed by atoms with Crippen molar-refractivity contribution in [2.24, 2.45) is 7.05 Å². The Kier molecular flexibility index (Phi) is 5.37. The quantitative estimate of drug-likeness (QED) is 0.471. The van der Waals surface area contributed by atoms with Gasteiger partial charge in [-0.25, -0.2) is 4.98 Å². The van der Waals surface area contributed by atoms with Gasteiger partial charge in [-0.05, 0) is 30.2 Å². The second kappa shape index (κ2) is 8.11. The van der Waals surface area contributed by atoms with Crippen LogP contribution >= 0.6 is 11.3 Å². The lowest BCUT2D eigenvalue weighted by Crippen LogP contribution is -2.30. The maximum Gasteiger partial charge on any atom is 0.267 e. The maximum absolute atomic E-state index is 13.6. The van der Waals surface area contributed by atoms with Crippen LogP contribution in [0.3, 0.4) is 0 Å². The van der Waals surface area contributed by atoms with E-state index in [-0.39, 0.29) is 11.8 Å². The average molecular weight is 423 g/mol. The van der Waals surface area contributed by atoms with Gasteiger partial charge in [0, 0.05) is 25.6 Å². The van der Waals surface area contributed by atoms with Crippen LogP contribution in [0.15, 0.2) is 42.9 Å². The second-order valence-electron chi connectivity index (χ2n) is 6.74. The molecule has 30 heavy (non-hydrogen) atoms. The summed E-state index contributed by atoms with van der Waals surface area (Å²) in [6.45, 7) is 2.33. The van der Waals surface area contributed by atoms with Crippen LogP contribution in [0.25, 0.3) is 10.2 Å². The summed E-state index contributed by atoms with van der Waals surface area (Å²) in [4.78, 5) is 24.1. The first kappa shape index (κ1) is 19.8. The summed E-state index contributed by atoms with van der Waals surface area (Å²) in [6.07, 6.45) is 5.09. The van der Waals surface area contributed by atoms with Crippen molar-refractivity contribution < 1.29 is 14.3 Å². The van der Waals surface area contributed by atoms with Crippen molar-refractivity contribution in [1.82, 2.24) is 19.7 Å². The van der Waals surface area contributed by atoms with E-state index in [0.29, 0.717) is 23.0 Å². The van der Waals surface area contributed by atoms with Gasteiger partial charge in [0.05, 0.1) is 25.5 Å². The first-order chi connectivity index (χ1) is 14.5. The number of carbonyl (C=O) groups is 1. The molecule has 0 N–H and O–H groups in total. The van der Waals surface area contributed by atoms with E-state index < -0.39 is 0 Å². The van der Waals surface area contributed by atoms with Crippen molar-refractivity contribution in [3.63, 3.8) is 0 Å². The fourth-order valence-electron chi connectivity index (χ4n) is 3.19. The van der Waals surface area contributed by atoms with E-state index in [1.807, 2.05) is 31.2 Å². The number of methoxy groups -OCH3 is 2. The molecule has 154 valence electrons. The number of aromatic nitrogens is 4. The lowest BCUT2D eigenvalue weighted by atomic mass is 10.2. The Bertz CT molecular complexity index is 1200. The number of pyridine rings is 1. The summed E-state index contributed by atoms with van der Waals surface area (Å²) in [7, 11) is 4.86. The Hall–Kier alpha value is -3.46. The summed E-state index contributed by atoms with van der Waals surface area (Å²) in [5.74, 6) is 0.693. The monoisotopic (exact) mass is 423 g/mol. The zero-order valence-electron chi connectivity index (χ0n) is 17.1. The van der Waals surface area contributed by atoms with Gasteiger partial charge in [0.15, 0.2) is 5.13 Å². The van der Waals surface area contributed by atoms with E-state index in [4.69, 9.17) is 14.5 Å². The molecule has 3 heterocycles. The molecule has 0 saturated heterocycles. The van der Waals surface area contributed by atoms with Gasteiger partial charge in [0.25, 0.3) is 5.91 Å².